The van der Waals surface area contributed by atoms with Crippen molar-refractivity contribution in [3.05, 3.63) is 52.2 Å². The predicted molar refractivity (Wildman–Crippen MR) is 78.2 cm³/mol. The van der Waals surface area contributed by atoms with Gasteiger partial charge in [-0.05, 0) is 38.0 Å². The van der Waals surface area contributed by atoms with Crippen molar-refractivity contribution >= 4 is 5.91 Å². The first-order valence-electron chi connectivity index (χ1n) is 7.13. The molecule has 1 N–H and O–H groups in total. The normalized spacial score (nSPS) is 16.1. The Kier molecular flexibility index (Phi) is 3.60. The molecule has 0 saturated carbocycles. The molecule has 1 saturated heterocycles. The molecule has 0 radical (unpaired) electrons. The molecule has 1 aliphatic heterocycles. The number of nitrogens with one attached hydrogen (secondary N) is 1. The second kappa shape index (κ2) is 5.55. The molecule has 0 aliphatic carbocycles. The van der Waals surface area contributed by atoms with Crippen molar-refractivity contribution < 1.29 is 4.79 Å². The van der Waals surface area contributed by atoms with E-state index < -0.39 is 0 Å². The summed E-state index contributed by atoms with van der Waals surface area (Å²) in [7, 11) is 0. The average Bonchev–Trinajstić information content (AvgIpc) is 3.01. The summed E-state index contributed by atoms with van der Waals surface area (Å²) in [5, 5.41) is 4.25. The van der Waals surface area contributed by atoms with Crippen molar-refractivity contribution in [2.45, 2.75) is 25.8 Å². The predicted octanol–water partition coefficient (Wildman–Crippen LogP) is 1.36. The fourth-order valence-corrected chi connectivity index (χ4v) is 2.74. The van der Waals surface area contributed by atoms with Crippen LogP contribution in [0.5, 0.6) is 0 Å². The Hall–Kier alpha value is -2.37. The van der Waals surface area contributed by atoms with E-state index >= 15 is 0 Å². The van der Waals surface area contributed by atoms with Gasteiger partial charge >= 0.3 is 0 Å². The fraction of sp³-hybridized carbons (Fsp3) is 0.400. The highest BCUT2D eigenvalue weighted by Crippen LogP contribution is 2.22. The SMILES string of the molecule is Cc1ccc(C(=O)N2CCC(n3cccn3)CC2)c(=O)[nH]1. The lowest BCUT2D eigenvalue weighted by molar-refractivity contribution is 0.0688. The molecule has 0 atom stereocenters. The summed E-state index contributed by atoms with van der Waals surface area (Å²) in [4.78, 5) is 28.7. The van der Waals surface area contributed by atoms with Crippen molar-refractivity contribution in [3.8, 4) is 0 Å². The molecular weight excluding hydrogens is 268 g/mol. The van der Waals surface area contributed by atoms with E-state index in [1.54, 1.807) is 30.2 Å². The zero-order valence-electron chi connectivity index (χ0n) is 12.0. The van der Waals surface area contributed by atoms with Gasteiger partial charge in [0.2, 0.25) is 0 Å². The van der Waals surface area contributed by atoms with Gasteiger partial charge in [0, 0.05) is 31.2 Å². The van der Waals surface area contributed by atoms with E-state index in [-0.39, 0.29) is 17.0 Å². The van der Waals surface area contributed by atoms with Gasteiger partial charge in [0.25, 0.3) is 11.5 Å². The van der Waals surface area contributed by atoms with E-state index in [2.05, 4.69) is 10.1 Å². The topological polar surface area (TPSA) is 71.0 Å². The van der Waals surface area contributed by atoms with Crippen molar-refractivity contribution in [1.82, 2.24) is 19.7 Å². The minimum atomic E-state index is -0.311. The standard InChI is InChI=1S/C15H18N4O2/c1-11-3-4-13(14(20)17-11)15(21)18-9-5-12(6-10-18)19-8-2-7-16-19/h2-4,7-8,12H,5-6,9-10H2,1H3,(H,17,20). The molecule has 2 aromatic rings. The summed E-state index contributed by atoms with van der Waals surface area (Å²) >= 11 is 0. The zero-order valence-corrected chi connectivity index (χ0v) is 12.0. The third-order valence-electron chi connectivity index (χ3n) is 3.94. The molecular formula is C15H18N4O2. The van der Waals surface area contributed by atoms with Gasteiger partial charge in [0.05, 0.1) is 6.04 Å². The average molecular weight is 286 g/mol. The number of rotatable bonds is 2. The van der Waals surface area contributed by atoms with Crippen molar-refractivity contribution in [2.75, 3.05) is 13.1 Å². The number of hydrogen-bond donors (Lipinski definition) is 1. The van der Waals surface area contributed by atoms with E-state index in [1.165, 1.54) is 0 Å². The van der Waals surface area contributed by atoms with Gasteiger partial charge in [-0.1, -0.05) is 0 Å². The van der Waals surface area contributed by atoms with Crippen LogP contribution in [0.2, 0.25) is 0 Å². The first-order chi connectivity index (χ1) is 10.1. The summed E-state index contributed by atoms with van der Waals surface area (Å²) in [6.45, 7) is 3.10. The number of pyridine rings is 1. The largest absolute Gasteiger partial charge is 0.338 e. The van der Waals surface area contributed by atoms with Gasteiger partial charge < -0.3 is 9.88 Å². The molecule has 2 aromatic heterocycles. The van der Waals surface area contributed by atoms with Crippen LogP contribution in [0.15, 0.2) is 35.4 Å². The lowest BCUT2D eigenvalue weighted by Crippen LogP contribution is -2.41. The lowest BCUT2D eigenvalue weighted by Gasteiger charge is -2.32. The number of H-pyrrole nitrogens is 1. The summed E-state index contributed by atoms with van der Waals surface area (Å²) in [6, 6.07) is 5.60. The molecule has 3 rings (SSSR count). The first kappa shape index (κ1) is 13.6. The molecule has 0 aromatic carbocycles. The lowest BCUT2D eigenvalue weighted by atomic mass is 10.0. The number of nitrogens with zero attached hydrogens (tertiary/aromatic N) is 3. The maximum absolute atomic E-state index is 12.4. The summed E-state index contributed by atoms with van der Waals surface area (Å²) < 4.78 is 1.94. The van der Waals surface area contributed by atoms with E-state index in [1.807, 2.05) is 16.9 Å². The van der Waals surface area contributed by atoms with E-state index in [4.69, 9.17) is 0 Å². The Morgan fingerprint density at radius 3 is 2.71 bits per heavy atom. The molecule has 0 bridgehead atoms. The molecule has 21 heavy (non-hydrogen) atoms. The molecule has 6 heteroatoms. The maximum Gasteiger partial charge on any atom is 0.260 e. The van der Waals surface area contributed by atoms with Crippen LogP contribution >= 0.6 is 0 Å². The van der Waals surface area contributed by atoms with E-state index in [0.29, 0.717) is 19.1 Å². The second-order valence-electron chi connectivity index (χ2n) is 5.39. The van der Waals surface area contributed by atoms with Gasteiger partial charge in [-0.2, -0.15) is 5.10 Å². The number of aryl methyl sites for hydroxylation is 1. The van der Waals surface area contributed by atoms with Crippen LogP contribution in [0.3, 0.4) is 0 Å². The van der Waals surface area contributed by atoms with Crippen LogP contribution in [0.1, 0.15) is 34.9 Å². The first-order valence-corrected chi connectivity index (χ1v) is 7.13. The number of amides is 1. The molecule has 1 fully saturated rings. The number of carbonyl (C=O) groups excluding carboxylic acids is 1. The van der Waals surface area contributed by atoms with Crippen molar-refractivity contribution in [2.24, 2.45) is 0 Å². The smallest absolute Gasteiger partial charge is 0.260 e. The molecule has 3 heterocycles. The minimum Gasteiger partial charge on any atom is -0.338 e. The monoisotopic (exact) mass is 286 g/mol. The molecule has 0 spiro atoms. The third kappa shape index (κ3) is 2.74. The highest BCUT2D eigenvalue weighted by atomic mass is 16.2. The van der Waals surface area contributed by atoms with Crippen molar-refractivity contribution in [3.63, 3.8) is 0 Å². The molecule has 0 unspecified atom stereocenters. The van der Waals surface area contributed by atoms with Crippen molar-refractivity contribution in [1.29, 1.82) is 0 Å². The Morgan fingerprint density at radius 1 is 1.33 bits per heavy atom. The number of likely N-dealkylation sites (tertiary alicyclic amines) is 1. The molecule has 6 nitrogen and oxygen atoms in total. The van der Waals surface area contributed by atoms with E-state index in [0.717, 1.165) is 18.5 Å². The number of aromatic nitrogens is 3. The van der Waals surface area contributed by atoms with Gasteiger partial charge in [0.15, 0.2) is 0 Å². The van der Waals surface area contributed by atoms with Crippen LogP contribution in [0, 0.1) is 6.92 Å². The summed E-state index contributed by atoms with van der Waals surface area (Å²) in [6.07, 6.45) is 5.44. The van der Waals surface area contributed by atoms with Crippen LogP contribution < -0.4 is 5.56 Å². The Morgan fingerprint density at radius 2 is 2.10 bits per heavy atom. The zero-order chi connectivity index (χ0) is 14.8. The van der Waals surface area contributed by atoms with Crippen LogP contribution in [-0.2, 0) is 0 Å². The van der Waals surface area contributed by atoms with Crippen LogP contribution in [-0.4, -0.2) is 38.7 Å². The second-order valence-corrected chi connectivity index (χ2v) is 5.39. The Bertz CT molecular complexity index is 682. The van der Waals surface area contributed by atoms with Gasteiger partial charge in [-0.3, -0.25) is 14.3 Å². The molecule has 1 amide bonds. The van der Waals surface area contributed by atoms with Crippen LogP contribution in [0.25, 0.3) is 0 Å². The van der Waals surface area contributed by atoms with Gasteiger partial charge in [-0.15, -0.1) is 0 Å². The summed E-state index contributed by atoms with van der Waals surface area (Å²) in [5.41, 5.74) is 0.668. The number of aromatic amines is 1. The molecule has 1 aliphatic rings. The summed E-state index contributed by atoms with van der Waals surface area (Å²) in [5.74, 6) is -0.185. The van der Waals surface area contributed by atoms with Crippen LogP contribution in [0.4, 0.5) is 0 Å². The highest BCUT2D eigenvalue weighted by Gasteiger charge is 2.25. The number of hydrogen-bond acceptors (Lipinski definition) is 3. The Labute approximate surface area is 122 Å². The number of piperidine rings is 1. The highest BCUT2D eigenvalue weighted by molar-refractivity contribution is 5.93. The maximum atomic E-state index is 12.4. The number of carbonyl (C=O) groups is 1. The molecule has 110 valence electrons. The van der Waals surface area contributed by atoms with Gasteiger partial charge in [0.1, 0.15) is 5.56 Å². The van der Waals surface area contributed by atoms with E-state index in [9.17, 15) is 9.59 Å². The quantitative estimate of drug-likeness (QED) is 0.906. The van der Waals surface area contributed by atoms with Gasteiger partial charge in [-0.25, -0.2) is 0 Å². The minimum absolute atomic E-state index is 0.185. The Balaban J connectivity index is 1.69. The third-order valence-corrected chi connectivity index (χ3v) is 3.94. The fourth-order valence-electron chi connectivity index (χ4n) is 2.74.